The second kappa shape index (κ2) is 6.00. The van der Waals surface area contributed by atoms with Crippen LogP contribution < -0.4 is 10.6 Å². The molecule has 1 aromatic rings. The van der Waals surface area contributed by atoms with E-state index in [2.05, 4.69) is 15.7 Å². The molecule has 1 aliphatic rings. The van der Waals surface area contributed by atoms with Gasteiger partial charge in [-0.05, 0) is 13.3 Å². The summed E-state index contributed by atoms with van der Waals surface area (Å²) in [7, 11) is 0. The lowest BCUT2D eigenvalue weighted by molar-refractivity contribution is -0.117. The third-order valence-electron chi connectivity index (χ3n) is 2.65. The third-order valence-corrected chi connectivity index (χ3v) is 2.65. The zero-order valence-corrected chi connectivity index (χ0v) is 10.4. The maximum atomic E-state index is 11.7. The number of amides is 1. The lowest BCUT2D eigenvalue weighted by Gasteiger charge is -2.08. The molecule has 1 amide bonds. The second-order valence-corrected chi connectivity index (χ2v) is 3.92. The van der Waals surface area contributed by atoms with Crippen LogP contribution in [0.4, 0.5) is 5.69 Å². The van der Waals surface area contributed by atoms with Gasteiger partial charge in [-0.3, -0.25) is 9.48 Å². The zero-order chi connectivity index (χ0) is 11.5. The van der Waals surface area contributed by atoms with E-state index >= 15 is 0 Å². The SMILES string of the molecule is CCn1cc(NC(=O)C2CC(O)CN2)cn1.Cl. The Morgan fingerprint density at radius 2 is 2.53 bits per heavy atom. The smallest absolute Gasteiger partial charge is 0.241 e. The number of rotatable bonds is 3. The maximum Gasteiger partial charge on any atom is 0.241 e. The number of aromatic nitrogens is 2. The van der Waals surface area contributed by atoms with Gasteiger partial charge in [-0.1, -0.05) is 0 Å². The number of nitrogens with zero attached hydrogens (tertiary/aromatic N) is 2. The zero-order valence-electron chi connectivity index (χ0n) is 9.59. The summed E-state index contributed by atoms with van der Waals surface area (Å²) in [5.41, 5.74) is 0.690. The van der Waals surface area contributed by atoms with Crippen molar-refractivity contribution in [2.75, 3.05) is 11.9 Å². The van der Waals surface area contributed by atoms with Crippen molar-refractivity contribution in [3.8, 4) is 0 Å². The average molecular weight is 261 g/mol. The molecule has 3 N–H and O–H groups in total. The van der Waals surface area contributed by atoms with Crippen LogP contribution in [0.3, 0.4) is 0 Å². The van der Waals surface area contributed by atoms with Crippen LogP contribution >= 0.6 is 12.4 Å². The Bertz CT molecular complexity index is 382. The van der Waals surface area contributed by atoms with E-state index in [9.17, 15) is 9.90 Å². The van der Waals surface area contributed by atoms with E-state index in [0.29, 0.717) is 18.7 Å². The van der Waals surface area contributed by atoms with Crippen LogP contribution in [0.25, 0.3) is 0 Å². The highest BCUT2D eigenvalue weighted by Gasteiger charge is 2.28. The highest BCUT2D eigenvalue weighted by Crippen LogP contribution is 2.10. The van der Waals surface area contributed by atoms with Crippen molar-refractivity contribution in [2.45, 2.75) is 32.0 Å². The summed E-state index contributed by atoms with van der Waals surface area (Å²) in [6.45, 7) is 3.23. The Balaban J connectivity index is 0.00000144. The molecular weight excluding hydrogens is 244 g/mol. The molecule has 6 nitrogen and oxygen atoms in total. The number of carbonyl (C=O) groups excluding carboxylic acids is 1. The Morgan fingerprint density at radius 1 is 1.76 bits per heavy atom. The van der Waals surface area contributed by atoms with Gasteiger partial charge in [0, 0.05) is 19.3 Å². The standard InChI is InChI=1S/C10H16N4O2.ClH/c1-2-14-6-7(4-12-14)13-10(16)9-3-8(15)5-11-9;/h4,6,8-9,11,15H,2-3,5H2,1H3,(H,13,16);1H. The molecule has 2 unspecified atom stereocenters. The number of carbonyl (C=O) groups is 1. The van der Waals surface area contributed by atoms with E-state index in [0.717, 1.165) is 6.54 Å². The van der Waals surface area contributed by atoms with Crippen molar-refractivity contribution in [3.63, 3.8) is 0 Å². The lowest BCUT2D eigenvalue weighted by Crippen LogP contribution is -2.35. The highest BCUT2D eigenvalue weighted by atomic mass is 35.5. The molecule has 0 aliphatic carbocycles. The molecule has 0 bridgehead atoms. The molecule has 0 aromatic carbocycles. The van der Waals surface area contributed by atoms with Crippen LogP contribution in [-0.4, -0.2) is 39.5 Å². The Morgan fingerprint density at radius 3 is 3.06 bits per heavy atom. The first-order chi connectivity index (χ1) is 7.69. The molecular formula is C10H17ClN4O2. The summed E-state index contributed by atoms with van der Waals surface area (Å²) in [6.07, 6.45) is 3.44. The predicted molar refractivity (Wildman–Crippen MR) is 66.2 cm³/mol. The van der Waals surface area contributed by atoms with Crippen molar-refractivity contribution in [1.82, 2.24) is 15.1 Å². The number of hydrogen-bond donors (Lipinski definition) is 3. The largest absolute Gasteiger partial charge is 0.392 e. The number of anilines is 1. The molecule has 0 radical (unpaired) electrons. The summed E-state index contributed by atoms with van der Waals surface area (Å²) in [6, 6.07) is -0.306. The monoisotopic (exact) mass is 260 g/mol. The Hall–Kier alpha value is -1.11. The molecule has 1 aromatic heterocycles. The molecule has 17 heavy (non-hydrogen) atoms. The van der Waals surface area contributed by atoms with Gasteiger partial charge in [-0.25, -0.2) is 0 Å². The fourth-order valence-corrected chi connectivity index (χ4v) is 1.75. The van der Waals surface area contributed by atoms with Gasteiger partial charge in [0.1, 0.15) is 0 Å². The first-order valence-electron chi connectivity index (χ1n) is 5.44. The van der Waals surface area contributed by atoms with Gasteiger partial charge in [-0.2, -0.15) is 5.10 Å². The summed E-state index contributed by atoms with van der Waals surface area (Å²) in [5, 5.41) is 19.1. The third kappa shape index (κ3) is 3.42. The summed E-state index contributed by atoms with van der Waals surface area (Å²) >= 11 is 0. The van der Waals surface area contributed by atoms with Gasteiger partial charge < -0.3 is 15.7 Å². The van der Waals surface area contributed by atoms with E-state index in [1.165, 1.54) is 0 Å². The number of β-amino-alcohol motifs (C(OH)–C–C–N with tert-alkyl or cyclic N) is 1. The van der Waals surface area contributed by atoms with Crippen LogP contribution in [0, 0.1) is 0 Å². The van der Waals surface area contributed by atoms with Crippen LogP contribution in [-0.2, 0) is 11.3 Å². The quantitative estimate of drug-likeness (QED) is 0.714. The number of aryl methyl sites for hydroxylation is 1. The fourth-order valence-electron chi connectivity index (χ4n) is 1.75. The summed E-state index contributed by atoms with van der Waals surface area (Å²) < 4.78 is 1.74. The topological polar surface area (TPSA) is 79.2 Å². The van der Waals surface area contributed by atoms with E-state index in [1.807, 2.05) is 6.92 Å². The highest BCUT2D eigenvalue weighted by molar-refractivity contribution is 5.94. The molecule has 2 rings (SSSR count). The van der Waals surface area contributed by atoms with Gasteiger partial charge in [0.2, 0.25) is 5.91 Å². The van der Waals surface area contributed by atoms with E-state index < -0.39 is 6.10 Å². The van der Waals surface area contributed by atoms with Gasteiger partial charge in [0.25, 0.3) is 0 Å². The van der Waals surface area contributed by atoms with E-state index in [-0.39, 0.29) is 24.4 Å². The van der Waals surface area contributed by atoms with E-state index in [4.69, 9.17) is 0 Å². The minimum Gasteiger partial charge on any atom is -0.392 e. The Kier molecular flexibility index (Phi) is 4.92. The average Bonchev–Trinajstić information content (AvgIpc) is 2.87. The fraction of sp³-hybridized carbons (Fsp3) is 0.600. The van der Waals surface area contributed by atoms with E-state index in [1.54, 1.807) is 17.1 Å². The predicted octanol–water partition coefficient (Wildman–Crippen LogP) is -0.0139. The summed E-state index contributed by atoms with van der Waals surface area (Å²) in [4.78, 5) is 11.7. The lowest BCUT2D eigenvalue weighted by atomic mass is 10.2. The van der Waals surface area contributed by atoms with Crippen molar-refractivity contribution in [3.05, 3.63) is 12.4 Å². The maximum absolute atomic E-state index is 11.7. The number of halogens is 1. The first-order valence-corrected chi connectivity index (χ1v) is 5.44. The number of hydrogen-bond acceptors (Lipinski definition) is 4. The molecule has 1 saturated heterocycles. The molecule has 0 saturated carbocycles. The molecule has 2 heterocycles. The van der Waals surface area contributed by atoms with Gasteiger partial charge in [0.05, 0.1) is 24.0 Å². The number of nitrogens with one attached hydrogen (secondary N) is 2. The minimum absolute atomic E-state index is 0. The second-order valence-electron chi connectivity index (χ2n) is 3.92. The van der Waals surface area contributed by atoms with Crippen molar-refractivity contribution >= 4 is 24.0 Å². The molecule has 1 fully saturated rings. The van der Waals surface area contributed by atoms with Gasteiger partial charge in [0.15, 0.2) is 0 Å². The molecule has 0 spiro atoms. The van der Waals surface area contributed by atoms with Gasteiger partial charge >= 0.3 is 0 Å². The van der Waals surface area contributed by atoms with Crippen molar-refractivity contribution < 1.29 is 9.90 Å². The van der Waals surface area contributed by atoms with Crippen LogP contribution in [0.15, 0.2) is 12.4 Å². The van der Waals surface area contributed by atoms with Crippen LogP contribution in [0.5, 0.6) is 0 Å². The van der Waals surface area contributed by atoms with Crippen LogP contribution in [0.2, 0.25) is 0 Å². The van der Waals surface area contributed by atoms with Gasteiger partial charge in [-0.15, -0.1) is 12.4 Å². The first kappa shape index (κ1) is 14.0. The van der Waals surface area contributed by atoms with Crippen LogP contribution in [0.1, 0.15) is 13.3 Å². The molecule has 2 atom stereocenters. The summed E-state index contributed by atoms with van der Waals surface area (Å²) in [5.74, 6) is -0.118. The number of aliphatic hydroxyl groups excluding tert-OH is 1. The molecule has 96 valence electrons. The minimum atomic E-state index is -0.422. The number of aliphatic hydroxyl groups is 1. The molecule has 1 aliphatic heterocycles. The van der Waals surface area contributed by atoms with Crippen molar-refractivity contribution in [1.29, 1.82) is 0 Å². The normalized spacial score (nSPS) is 23.2. The molecule has 7 heteroatoms. The Labute approximate surface area is 106 Å². The van der Waals surface area contributed by atoms with Crippen molar-refractivity contribution in [2.24, 2.45) is 0 Å².